The first-order chi connectivity index (χ1) is 11.8. The van der Waals surface area contributed by atoms with E-state index < -0.39 is 5.97 Å². The Kier molecular flexibility index (Phi) is 14.3. The number of hydrogen-bond acceptors (Lipinski definition) is 1. The van der Waals surface area contributed by atoms with E-state index in [4.69, 9.17) is 0 Å². The molecule has 0 radical (unpaired) electrons. The molecular formula is C22H46NO2+. The molecule has 0 aromatic heterocycles. The third-order valence-corrected chi connectivity index (χ3v) is 5.49. The Morgan fingerprint density at radius 3 is 1.48 bits per heavy atom. The number of carbonyl (C=O) groups is 1. The van der Waals surface area contributed by atoms with Gasteiger partial charge in [0.25, 0.3) is 0 Å². The highest BCUT2D eigenvalue weighted by atomic mass is 16.4. The molecule has 0 bridgehead atoms. The van der Waals surface area contributed by atoms with Crippen LogP contribution in [0.15, 0.2) is 0 Å². The smallest absolute Gasteiger partial charge is 0.362 e. The summed E-state index contributed by atoms with van der Waals surface area (Å²) in [6, 6.07) is -0.280. The predicted octanol–water partition coefficient (Wildman–Crippen LogP) is 6.26. The van der Waals surface area contributed by atoms with Gasteiger partial charge >= 0.3 is 5.97 Å². The minimum atomic E-state index is -0.640. The zero-order valence-electron chi connectivity index (χ0n) is 17.9. The van der Waals surface area contributed by atoms with Crippen molar-refractivity contribution in [1.29, 1.82) is 0 Å². The standard InChI is InChI=1S/C22H45NO2/c1-6-8-9-10-11-12-13-14-15-16-17-18-19-20(7-2)21(22(24)25)23(3,4)5/h20-21H,6-19H2,1-5H3/p+1. The van der Waals surface area contributed by atoms with Crippen molar-refractivity contribution in [3.05, 3.63) is 0 Å². The van der Waals surface area contributed by atoms with Gasteiger partial charge in [-0.25, -0.2) is 4.79 Å². The number of unbranched alkanes of at least 4 members (excludes halogenated alkanes) is 11. The maximum absolute atomic E-state index is 11.6. The van der Waals surface area contributed by atoms with Gasteiger partial charge in [0.15, 0.2) is 6.04 Å². The average molecular weight is 357 g/mol. The Morgan fingerprint density at radius 1 is 0.760 bits per heavy atom. The Bertz CT molecular complexity index is 322. The lowest BCUT2D eigenvalue weighted by Crippen LogP contribution is -2.53. The van der Waals surface area contributed by atoms with E-state index in [0.717, 1.165) is 12.8 Å². The minimum absolute atomic E-state index is 0.280. The van der Waals surface area contributed by atoms with Crippen LogP contribution >= 0.6 is 0 Å². The summed E-state index contributed by atoms with van der Waals surface area (Å²) >= 11 is 0. The molecule has 0 aliphatic rings. The maximum Gasteiger partial charge on any atom is 0.362 e. The second-order valence-corrected chi connectivity index (χ2v) is 8.75. The van der Waals surface area contributed by atoms with Gasteiger partial charge < -0.3 is 9.59 Å². The molecule has 0 fully saturated rings. The molecule has 0 spiro atoms. The van der Waals surface area contributed by atoms with Gasteiger partial charge in [0.2, 0.25) is 0 Å². The van der Waals surface area contributed by atoms with E-state index in [1.54, 1.807) is 0 Å². The summed E-state index contributed by atoms with van der Waals surface area (Å²) in [5.74, 6) is -0.348. The van der Waals surface area contributed by atoms with Gasteiger partial charge in [-0.15, -0.1) is 0 Å². The van der Waals surface area contributed by atoms with Gasteiger partial charge in [-0.3, -0.25) is 0 Å². The summed E-state index contributed by atoms with van der Waals surface area (Å²) < 4.78 is 0.520. The van der Waals surface area contributed by atoms with Crippen molar-refractivity contribution in [2.24, 2.45) is 5.92 Å². The van der Waals surface area contributed by atoms with Gasteiger partial charge in [0.05, 0.1) is 21.1 Å². The number of quaternary nitrogens is 1. The number of rotatable bonds is 17. The highest BCUT2D eigenvalue weighted by molar-refractivity contribution is 5.72. The van der Waals surface area contributed by atoms with Crippen LogP contribution < -0.4 is 0 Å². The number of nitrogens with zero attached hydrogens (tertiary/aromatic N) is 1. The number of aliphatic carboxylic acids is 1. The van der Waals surface area contributed by atoms with Crippen molar-refractivity contribution in [3.8, 4) is 0 Å². The first kappa shape index (κ1) is 24.4. The topological polar surface area (TPSA) is 37.3 Å². The van der Waals surface area contributed by atoms with Crippen molar-refractivity contribution in [2.75, 3.05) is 21.1 Å². The van der Waals surface area contributed by atoms with Crippen LogP contribution in [0.1, 0.15) is 104 Å². The molecule has 2 unspecified atom stereocenters. The third-order valence-electron chi connectivity index (χ3n) is 5.49. The first-order valence-corrected chi connectivity index (χ1v) is 10.9. The predicted molar refractivity (Wildman–Crippen MR) is 109 cm³/mol. The van der Waals surface area contributed by atoms with Crippen molar-refractivity contribution >= 4 is 5.97 Å². The van der Waals surface area contributed by atoms with E-state index in [9.17, 15) is 9.90 Å². The van der Waals surface area contributed by atoms with Gasteiger partial charge in [-0.05, 0) is 12.8 Å². The summed E-state index contributed by atoms with van der Waals surface area (Å²) in [7, 11) is 6.01. The van der Waals surface area contributed by atoms with Crippen LogP contribution in [0.2, 0.25) is 0 Å². The minimum Gasteiger partial charge on any atom is -0.477 e. The number of likely N-dealkylation sites (N-methyl/N-ethyl adjacent to an activating group) is 1. The van der Waals surface area contributed by atoms with Crippen LogP contribution in [-0.4, -0.2) is 42.7 Å². The van der Waals surface area contributed by atoms with Gasteiger partial charge in [-0.2, -0.15) is 0 Å². The van der Waals surface area contributed by atoms with E-state index >= 15 is 0 Å². The van der Waals surface area contributed by atoms with E-state index in [2.05, 4.69) is 13.8 Å². The Labute approximate surface area is 157 Å². The van der Waals surface area contributed by atoms with Crippen LogP contribution in [0, 0.1) is 5.92 Å². The third kappa shape index (κ3) is 12.4. The molecule has 0 heterocycles. The van der Waals surface area contributed by atoms with E-state index in [0.29, 0.717) is 10.4 Å². The molecule has 3 heteroatoms. The molecule has 0 saturated carbocycles. The van der Waals surface area contributed by atoms with Crippen LogP contribution in [0.3, 0.4) is 0 Å². The largest absolute Gasteiger partial charge is 0.477 e. The van der Waals surface area contributed by atoms with Gasteiger partial charge in [0.1, 0.15) is 0 Å². The normalized spacial score (nSPS) is 14.4. The van der Waals surface area contributed by atoms with Crippen molar-refractivity contribution in [1.82, 2.24) is 0 Å². The van der Waals surface area contributed by atoms with E-state index in [1.807, 2.05) is 21.1 Å². The molecule has 1 N–H and O–H groups in total. The summed E-state index contributed by atoms with van der Waals surface area (Å²) in [5.41, 5.74) is 0. The quantitative estimate of drug-likeness (QED) is 0.246. The summed E-state index contributed by atoms with van der Waals surface area (Å²) in [6.45, 7) is 4.41. The van der Waals surface area contributed by atoms with Crippen LogP contribution in [0.5, 0.6) is 0 Å². The SMILES string of the molecule is CCCCCCCCCCCCCCC(CC)C(C(=O)O)[N+](C)(C)C. The molecule has 0 rings (SSSR count). The highest BCUT2D eigenvalue weighted by Gasteiger charge is 2.37. The summed E-state index contributed by atoms with van der Waals surface area (Å²) in [6.07, 6.45) is 18.3. The lowest BCUT2D eigenvalue weighted by molar-refractivity contribution is -0.891. The summed E-state index contributed by atoms with van der Waals surface area (Å²) in [4.78, 5) is 11.6. The van der Waals surface area contributed by atoms with Crippen LogP contribution in [0.4, 0.5) is 0 Å². The second-order valence-electron chi connectivity index (χ2n) is 8.75. The Hall–Kier alpha value is -0.570. The van der Waals surface area contributed by atoms with Crippen LogP contribution in [0.25, 0.3) is 0 Å². The van der Waals surface area contributed by atoms with Crippen molar-refractivity contribution < 1.29 is 14.4 Å². The molecule has 0 aromatic rings. The fourth-order valence-electron chi connectivity index (χ4n) is 4.00. The number of hydrogen-bond donors (Lipinski definition) is 1. The van der Waals surface area contributed by atoms with Gasteiger partial charge in [0, 0.05) is 5.92 Å². The zero-order valence-corrected chi connectivity index (χ0v) is 17.9. The van der Waals surface area contributed by atoms with E-state index in [-0.39, 0.29) is 6.04 Å². The maximum atomic E-state index is 11.6. The molecular weight excluding hydrogens is 310 g/mol. The fraction of sp³-hybridized carbons (Fsp3) is 0.955. The molecule has 0 aliphatic heterocycles. The Morgan fingerprint density at radius 2 is 1.16 bits per heavy atom. The molecule has 2 atom stereocenters. The second kappa shape index (κ2) is 14.6. The lowest BCUT2D eigenvalue weighted by Gasteiger charge is -2.36. The molecule has 0 aliphatic carbocycles. The summed E-state index contributed by atoms with van der Waals surface area (Å²) in [5, 5.41) is 9.59. The molecule has 0 saturated heterocycles. The Balaban J connectivity index is 3.73. The van der Waals surface area contributed by atoms with E-state index in [1.165, 1.54) is 77.0 Å². The lowest BCUT2D eigenvalue weighted by atomic mass is 9.89. The average Bonchev–Trinajstić information content (AvgIpc) is 2.52. The highest BCUT2D eigenvalue weighted by Crippen LogP contribution is 2.24. The molecule has 0 amide bonds. The van der Waals surface area contributed by atoms with Gasteiger partial charge in [-0.1, -0.05) is 90.9 Å². The molecule has 150 valence electrons. The fourth-order valence-corrected chi connectivity index (χ4v) is 4.00. The van der Waals surface area contributed by atoms with Crippen LogP contribution in [-0.2, 0) is 4.79 Å². The first-order valence-electron chi connectivity index (χ1n) is 10.9. The molecule has 3 nitrogen and oxygen atoms in total. The molecule has 0 aromatic carbocycles. The van der Waals surface area contributed by atoms with Crippen molar-refractivity contribution in [2.45, 2.75) is 110 Å². The molecule has 25 heavy (non-hydrogen) atoms. The number of carboxylic acid groups (broad SMARTS) is 1. The zero-order chi connectivity index (χ0) is 19.1. The van der Waals surface area contributed by atoms with Crippen molar-refractivity contribution in [3.63, 3.8) is 0 Å². The monoisotopic (exact) mass is 356 g/mol. The number of carboxylic acids is 1.